The first-order valence-corrected chi connectivity index (χ1v) is 13.7. The van der Waals surface area contributed by atoms with Gasteiger partial charge in [0.05, 0.1) is 24.4 Å². The summed E-state index contributed by atoms with van der Waals surface area (Å²) < 4.78 is 11.9. The summed E-state index contributed by atoms with van der Waals surface area (Å²) in [5, 5.41) is 61.8. The molecule has 6 atom stereocenters. The molecule has 39 heavy (non-hydrogen) atoms. The van der Waals surface area contributed by atoms with Crippen LogP contribution in [0.5, 0.6) is 11.5 Å². The Kier molecular flexibility index (Phi) is 9.54. The van der Waals surface area contributed by atoms with Crippen LogP contribution in [0, 0.1) is 0 Å². The standard InChI is InChI=1S/C30H43NO8/c1-30(2,3)31(14-20(32)16-38-28-8-4-6-18-10-24(34)26(36)12-22(18)28)15-21(33)17-39-29-9-5-7-19-11-25(35)27(37)13-23(19)29/h4-9,20-21,24-27,32-37H,10-17H2,1-3H3/t20?,21?,24-,25-,26+,27+/m1/s1. The number of aliphatic hydroxyl groups is 6. The van der Waals surface area contributed by atoms with Crippen LogP contribution in [0.4, 0.5) is 0 Å². The Bertz CT molecular complexity index is 1020. The Morgan fingerprint density at radius 1 is 0.692 bits per heavy atom. The number of hydrogen-bond donors (Lipinski definition) is 6. The molecule has 0 radical (unpaired) electrons. The van der Waals surface area contributed by atoms with E-state index in [0.29, 0.717) is 37.2 Å². The van der Waals surface area contributed by atoms with Gasteiger partial charge in [0.25, 0.3) is 0 Å². The molecular formula is C30H43NO8. The fourth-order valence-electron chi connectivity index (χ4n) is 5.36. The average Bonchev–Trinajstić information content (AvgIpc) is 2.87. The molecule has 2 aliphatic carbocycles. The Balaban J connectivity index is 1.32. The fourth-order valence-corrected chi connectivity index (χ4v) is 5.36. The summed E-state index contributed by atoms with van der Waals surface area (Å²) in [5.74, 6) is 1.19. The van der Waals surface area contributed by atoms with E-state index in [9.17, 15) is 30.6 Å². The van der Waals surface area contributed by atoms with Crippen LogP contribution in [-0.2, 0) is 25.7 Å². The van der Waals surface area contributed by atoms with Crippen molar-refractivity contribution in [2.24, 2.45) is 0 Å². The lowest BCUT2D eigenvalue weighted by Crippen LogP contribution is -2.50. The lowest BCUT2D eigenvalue weighted by atomic mass is 9.87. The molecule has 0 amide bonds. The molecule has 0 spiro atoms. The van der Waals surface area contributed by atoms with Gasteiger partial charge in [-0.05, 0) is 44.0 Å². The largest absolute Gasteiger partial charge is 0.491 e. The summed E-state index contributed by atoms with van der Waals surface area (Å²) in [4.78, 5) is 1.98. The molecule has 0 heterocycles. The summed E-state index contributed by atoms with van der Waals surface area (Å²) in [7, 11) is 0. The zero-order valence-electron chi connectivity index (χ0n) is 23.0. The van der Waals surface area contributed by atoms with Crippen molar-refractivity contribution < 1.29 is 40.1 Å². The minimum Gasteiger partial charge on any atom is -0.491 e. The van der Waals surface area contributed by atoms with Crippen molar-refractivity contribution in [2.75, 3.05) is 26.3 Å². The first-order valence-electron chi connectivity index (χ1n) is 13.7. The number of β-amino-alcohol motifs (C(OH)–C–C–N with tert-alkyl or cyclic N) is 2. The van der Waals surface area contributed by atoms with E-state index in [-0.39, 0.29) is 31.8 Å². The third kappa shape index (κ3) is 7.49. The van der Waals surface area contributed by atoms with Gasteiger partial charge in [0.1, 0.15) is 36.9 Å². The molecule has 2 aromatic rings. The summed E-state index contributed by atoms with van der Waals surface area (Å²) in [6.45, 7) is 6.64. The third-order valence-corrected chi connectivity index (χ3v) is 7.71. The molecular weight excluding hydrogens is 502 g/mol. The van der Waals surface area contributed by atoms with Gasteiger partial charge in [0.15, 0.2) is 0 Å². The summed E-state index contributed by atoms with van der Waals surface area (Å²) in [5.41, 5.74) is 3.23. The van der Waals surface area contributed by atoms with E-state index in [0.717, 1.165) is 22.3 Å². The molecule has 9 heteroatoms. The van der Waals surface area contributed by atoms with Crippen molar-refractivity contribution >= 4 is 0 Å². The van der Waals surface area contributed by atoms with Crippen molar-refractivity contribution in [1.29, 1.82) is 0 Å². The molecule has 0 fully saturated rings. The molecule has 0 saturated heterocycles. The lowest BCUT2D eigenvalue weighted by Gasteiger charge is -2.38. The first-order chi connectivity index (χ1) is 18.4. The van der Waals surface area contributed by atoms with E-state index in [4.69, 9.17) is 9.47 Å². The molecule has 6 N–H and O–H groups in total. The molecule has 0 bridgehead atoms. The van der Waals surface area contributed by atoms with E-state index in [1.54, 1.807) is 12.1 Å². The number of fused-ring (bicyclic) bond motifs is 2. The second kappa shape index (κ2) is 12.5. The SMILES string of the molecule is CC(C)(C)N(CC(O)COc1cccc2c1C[C@H](O)[C@H](O)C2)CC(O)COc1cccc2c1C[C@H](O)[C@H](O)C2. The highest BCUT2D eigenvalue weighted by Gasteiger charge is 2.30. The molecule has 0 aromatic heterocycles. The van der Waals surface area contributed by atoms with Crippen molar-refractivity contribution in [1.82, 2.24) is 4.90 Å². The van der Waals surface area contributed by atoms with Crippen molar-refractivity contribution in [2.45, 2.75) is 88.6 Å². The molecule has 2 aromatic carbocycles. The Hall–Kier alpha value is -2.24. The van der Waals surface area contributed by atoms with Crippen molar-refractivity contribution in [3.05, 3.63) is 58.7 Å². The molecule has 2 unspecified atom stereocenters. The van der Waals surface area contributed by atoms with Gasteiger partial charge in [-0.25, -0.2) is 0 Å². The van der Waals surface area contributed by atoms with Crippen LogP contribution in [-0.4, -0.2) is 104 Å². The fraction of sp³-hybridized carbons (Fsp3) is 0.600. The normalized spacial score (nSPS) is 24.6. The maximum Gasteiger partial charge on any atom is 0.123 e. The lowest BCUT2D eigenvalue weighted by molar-refractivity contribution is -0.00582. The molecule has 4 rings (SSSR count). The topological polar surface area (TPSA) is 143 Å². The van der Waals surface area contributed by atoms with Gasteiger partial charge < -0.3 is 40.1 Å². The smallest absolute Gasteiger partial charge is 0.123 e. The molecule has 9 nitrogen and oxygen atoms in total. The predicted molar refractivity (Wildman–Crippen MR) is 146 cm³/mol. The zero-order valence-corrected chi connectivity index (χ0v) is 23.0. The van der Waals surface area contributed by atoms with Crippen LogP contribution in [0.25, 0.3) is 0 Å². The number of rotatable bonds is 10. The molecule has 216 valence electrons. The summed E-state index contributed by atoms with van der Waals surface area (Å²) >= 11 is 0. The highest BCUT2D eigenvalue weighted by molar-refractivity contribution is 5.44. The predicted octanol–water partition coefficient (Wildman–Crippen LogP) is 0.607. The molecule has 0 saturated carbocycles. The van der Waals surface area contributed by atoms with Crippen molar-refractivity contribution in [3.8, 4) is 11.5 Å². The van der Waals surface area contributed by atoms with Crippen LogP contribution in [0.3, 0.4) is 0 Å². The number of ether oxygens (including phenoxy) is 2. The zero-order chi connectivity index (χ0) is 28.3. The maximum atomic E-state index is 10.8. The molecule has 2 aliphatic rings. The van der Waals surface area contributed by atoms with Gasteiger partial charge in [-0.15, -0.1) is 0 Å². The van der Waals surface area contributed by atoms with Gasteiger partial charge >= 0.3 is 0 Å². The van der Waals surface area contributed by atoms with Gasteiger partial charge in [0, 0.05) is 55.4 Å². The van der Waals surface area contributed by atoms with Gasteiger partial charge in [-0.3, -0.25) is 4.90 Å². The first kappa shape index (κ1) is 29.7. The number of benzene rings is 2. The van der Waals surface area contributed by atoms with Crippen LogP contribution in [0.2, 0.25) is 0 Å². The van der Waals surface area contributed by atoms with Gasteiger partial charge in [-0.1, -0.05) is 24.3 Å². The number of hydrogen-bond acceptors (Lipinski definition) is 9. The Morgan fingerprint density at radius 2 is 1.08 bits per heavy atom. The van der Waals surface area contributed by atoms with Gasteiger partial charge in [-0.2, -0.15) is 0 Å². The Labute approximate surface area is 230 Å². The van der Waals surface area contributed by atoms with E-state index >= 15 is 0 Å². The summed E-state index contributed by atoms with van der Waals surface area (Å²) in [6.07, 6.45) is -3.61. The van der Waals surface area contributed by atoms with E-state index in [1.807, 2.05) is 49.9 Å². The van der Waals surface area contributed by atoms with Crippen LogP contribution in [0.1, 0.15) is 43.0 Å². The second-order valence-electron chi connectivity index (χ2n) is 11.9. The van der Waals surface area contributed by atoms with Crippen LogP contribution < -0.4 is 9.47 Å². The van der Waals surface area contributed by atoms with E-state index < -0.39 is 36.6 Å². The average molecular weight is 546 g/mol. The highest BCUT2D eigenvalue weighted by atomic mass is 16.5. The minimum atomic E-state index is -0.842. The second-order valence-corrected chi connectivity index (χ2v) is 11.9. The third-order valence-electron chi connectivity index (χ3n) is 7.71. The number of aliphatic hydroxyl groups excluding tert-OH is 6. The Morgan fingerprint density at radius 3 is 1.46 bits per heavy atom. The molecule has 0 aliphatic heterocycles. The number of nitrogens with zero attached hydrogens (tertiary/aromatic N) is 1. The van der Waals surface area contributed by atoms with Crippen LogP contribution in [0.15, 0.2) is 36.4 Å². The summed E-state index contributed by atoms with van der Waals surface area (Å²) in [6, 6.07) is 11.1. The van der Waals surface area contributed by atoms with Crippen molar-refractivity contribution in [3.63, 3.8) is 0 Å². The van der Waals surface area contributed by atoms with E-state index in [1.165, 1.54) is 0 Å². The minimum absolute atomic E-state index is 0.0403. The van der Waals surface area contributed by atoms with E-state index in [2.05, 4.69) is 0 Å². The monoisotopic (exact) mass is 545 g/mol. The quantitative estimate of drug-likeness (QED) is 0.253. The maximum absolute atomic E-state index is 10.8. The highest BCUT2D eigenvalue weighted by Crippen LogP contribution is 2.31. The van der Waals surface area contributed by atoms with Crippen LogP contribution >= 0.6 is 0 Å². The van der Waals surface area contributed by atoms with Gasteiger partial charge in [0.2, 0.25) is 0 Å².